The van der Waals surface area contributed by atoms with Crippen LogP contribution in [0.15, 0.2) is 18.5 Å². The van der Waals surface area contributed by atoms with Gasteiger partial charge in [0.1, 0.15) is 0 Å². The first-order chi connectivity index (χ1) is 9.34. The van der Waals surface area contributed by atoms with Crippen molar-refractivity contribution in [3.63, 3.8) is 0 Å². The minimum absolute atomic E-state index is 0.0361. The Balaban J connectivity index is 0.000000246. The summed E-state index contributed by atoms with van der Waals surface area (Å²) < 4.78 is 31.7. The van der Waals surface area contributed by atoms with Gasteiger partial charge < -0.3 is 15.1 Å². The van der Waals surface area contributed by atoms with Gasteiger partial charge in [-0.3, -0.25) is 4.98 Å². The molecule has 1 aliphatic rings. The van der Waals surface area contributed by atoms with Gasteiger partial charge in [-0.2, -0.15) is 18.7 Å². The first-order valence-corrected chi connectivity index (χ1v) is 5.56. The predicted octanol–water partition coefficient (Wildman–Crippen LogP) is 1.17. The van der Waals surface area contributed by atoms with E-state index in [1.807, 2.05) is 6.07 Å². The molecule has 3 N–H and O–H groups in total. The van der Waals surface area contributed by atoms with E-state index in [0.29, 0.717) is 0 Å². The molecule has 0 radical (unpaired) electrons. The monoisotopic (exact) mass is 294 g/mol. The molecule has 0 amide bonds. The lowest BCUT2D eigenvalue weighted by atomic mass is 10.1. The van der Waals surface area contributed by atoms with Crippen LogP contribution in [0.5, 0.6) is 0 Å². The third kappa shape index (κ3) is 5.11. The molecule has 1 unspecified atom stereocenters. The highest BCUT2D eigenvalue weighted by atomic mass is 19.4. The molecule has 1 aromatic heterocycles. The van der Waals surface area contributed by atoms with Crippen molar-refractivity contribution in [3.8, 4) is 0 Å². The summed E-state index contributed by atoms with van der Waals surface area (Å²) in [5.41, 5.74) is 4.81. The van der Waals surface area contributed by atoms with Crippen LogP contribution in [0.1, 0.15) is 23.6 Å². The highest BCUT2D eigenvalue weighted by molar-refractivity contribution is 5.73. The van der Waals surface area contributed by atoms with Gasteiger partial charge in [-0.25, -0.2) is 4.79 Å². The maximum atomic E-state index is 10.6. The lowest BCUT2D eigenvalue weighted by Crippen LogP contribution is -2.21. The molecule has 1 aromatic rings. The molecule has 1 fully saturated rings. The number of aliphatic hydroxyl groups is 1. The Bertz CT molecular complexity index is 448. The summed E-state index contributed by atoms with van der Waals surface area (Å²) in [6, 6.07) is 2.17. The van der Waals surface area contributed by atoms with Gasteiger partial charge in [0.05, 0.1) is 19.3 Å². The minimum atomic E-state index is -5.08. The van der Waals surface area contributed by atoms with E-state index in [0.717, 1.165) is 24.2 Å². The first kappa shape index (κ1) is 16.3. The molecule has 0 aliphatic carbocycles. The van der Waals surface area contributed by atoms with E-state index in [2.05, 4.69) is 10.5 Å². The van der Waals surface area contributed by atoms with Crippen LogP contribution in [0.25, 0.3) is 0 Å². The van der Waals surface area contributed by atoms with E-state index in [9.17, 15) is 13.2 Å². The summed E-state index contributed by atoms with van der Waals surface area (Å²) in [6.45, 7) is 0.766. The van der Waals surface area contributed by atoms with Crippen LogP contribution in [0.3, 0.4) is 0 Å². The zero-order valence-electron chi connectivity index (χ0n) is 10.2. The van der Waals surface area contributed by atoms with Crippen molar-refractivity contribution in [1.82, 2.24) is 10.5 Å². The van der Waals surface area contributed by atoms with E-state index in [4.69, 9.17) is 19.8 Å². The molecule has 20 heavy (non-hydrogen) atoms. The fraction of sp³-hybridized carbons (Fsp3) is 0.455. The quantitative estimate of drug-likeness (QED) is 0.758. The summed E-state index contributed by atoms with van der Waals surface area (Å²) in [6.07, 6.45) is -0.665. The van der Waals surface area contributed by atoms with E-state index < -0.39 is 12.1 Å². The molecule has 0 bridgehead atoms. The molecule has 6 nitrogen and oxygen atoms in total. The predicted molar refractivity (Wildman–Crippen MR) is 60.3 cm³/mol. The zero-order chi connectivity index (χ0) is 15.2. The number of halogens is 3. The van der Waals surface area contributed by atoms with Crippen molar-refractivity contribution in [2.75, 3.05) is 6.61 Å². The van der Waals surface area contributed by atoms with Gasteiger partial charge in [-0.1, -0.05) is 0 Å². The van der Waals surface area contributed by atoms with E-state index in [1.54, 1.807) is 12.4 Å². The Morgan fingerprint density at radius 3 is 2.60 bits per heavy atom. The van der Waals surface area contributed by atoms with Crippen LogP contribution in [-0.4, -0.2) is 33.9 Å². The Hall–Kier alpha value is -1.71. The molecule has 0 aromatic carbocycles. The largest absolute Gasteiger partial charge is 0.490 e. The number of nitrogens with zero attached hydrogens (tertiary/aromatic N) is 1. The summed E-state index contributed by atoms with van der Waals surface area (Å²) >= 11 is 0. The van der Waals surface area contributed by atoms with Gasteiger partial charge in [-0.05, 0) is 23.6 Å². The van der Waals surface area contributed by atoms with Crippen molar-refractivity contribution >= 4 is 5.97 Å². The second-order valence-electron chi connectivity index (χ2n) is 3.90. The number of nitrogens with one attached hydrogen (secondary N) is 1. The molecular weight excluding hydrogens is 281 g/mol. The van der Waals surface area contributed by atoms with E-state index in [-0.39, 0.29) is 12.6 Å². The standard InChI is InChI=1S/C9H12N2O2.C2HF3O2/c12-6-7-3-8(5-10-4-7)9-1-2-13-11-9;3-2(4,5)1(6)7/h3-5,9,11-12H,1-2,6H2;(H,6,7). The van der Waals surface area contributed by atoms with Gasteiger partial charge in [0, 0.05) is 12.4 Å². The molecule has 9 heteroatoms. The molecule has 0 saturated carbocycles. The zero-order valence-corrected chi connectivity index (χ0v) is 10.2. The third-order valence-corrected chi connectivity index (χ3v) is 2.38. The molecule has 112 valence electrons. The fourth-order valence-corrected chi connectivity index (χ4v) is 1.41. The highest BCUT2D eigenvalue weighted by Gasteiger charge is 2.38. The van der Waals surface area contributed by atoms with Crippen molar-refractivity contribution < 1.29 is 33.0 Å². The lowest BCUT2D eigenvalue weighted by Gasteiger charge is -2.08. The lowest BCUT2D eigenvalue weighted by molar-refractivity contribution is -0.192. The highest BCUT2D eigenvalue weighted by Crippen LogP contribution is 2.20. The number of carboxylic acids is 1. The maximum absolute atomic E-state index is 10.6. The van der Waals surface area contributed by atoms with Crippen molar-refractivity contribution in [1.29, 1.82) is 0 Å². The second-order valence-corrected chi connectivity index (χ2v) is 3.90. The van der Waals surface area contributed by atoms with Gasteiger partial charge in [0.25, 0.3) is 0 Å². The number of alkyl halides is 3. The van der Waals surface area contributed by atoms with Crippen LogP contribution < -0.4 is 5.48 Å². The third-order valence-electron chi connectivity index (χ3n) is 2.38. The number of aromatic nitrogens is 1. The Kier molecular flexibility index (Phi) is 5.86. The van der Waals surface area contributed by atoms with E-state index in [1.165, 1.54) is 0 Å². The SMILES string of the molecule is O=C(O)C(F)(F)F.OCc1cncc(C2CCON2)c1. The van der Waals surface area contributed by atoms with Gasteiger partial charge >= 0.3 is 12.1 Å². The number of pyridine rings is 1. The number of hydrogen-bond acceptors (Lipinski definition) is 5. The fourth-order valence-electron chi connectivity index (χ4n) is 1.41. The van der Waals surface area contributed by atoms with Crippen molar-refractivity contribution in [3.05, 3.63) is 29.6 Å². The van der Waals surface area contributed by atoms with Gasteiger partial charge in [-0.15, -0.1) is 0 Å². The maximum Gasteiger partial charge on any atom is 0.490 e. The van der Waals surface area contributed by atoms with Crippen molar-refractivity contribution in [2.24, 2.45) is 0 Å². The number of aliphatic carboxylic acids is 1. The average molecular weight is 294 g/mol. The van der Waals surface area contributed by atoms with Crippen LogP contribution in [-0.2, 0) is 16.2 Å². The van der Waals surface area contributed by atoms with Crippen LogP contribution in [0.4, 0.5) is 13.2 Å². The molecule has 1 atom stereocenters. The number of rotatable bonds is 2. The normalized spacial score (nSPS) is 18.3. The number of hydroxylamine groups is 1. The summed E-state index contributed by atoms with van der Waals surface area (Å²) in [5.74, 6) is -2.76. The summed E-state index contributed by atoms with van der Waals surface area (Å²) in [4.78, 5) is 18.0. The molecule has 1 aliphatic heterocycles. The number of carboxylic acid groups (broad SMARTS) is 1. The molecule has 0 spiro atoms. The average Bonchev–Trinajstić information content (AvgIpc) is 2.92. The molecule has 2 rings (SSSR count). The molecule has 2 heterocycles. The minimum Gasteiger partial charge on any atom is -0.475 e. The van der Waals surface area contributed by atoms with Crippen LogP contribution in [0, 0.1) is 0 Å². The number of carbonyl (C=O) groups is 1. The smallest absolute Gasteiger partial charge is 0.475 e. The molecule has 1 saturated heterocycles. The Morgan fingerprint density at radius 1 is 1.50 bits per heavy atom. The number of hydrogen-bond donors (Lipinski definition) is 3. The Morgan fingerprint density at radius 2 is 2.15 bits per heavy atom. The Labute approximate surface area is 112 Å². The van der Waals surface area contributed by atoms with E-state index >= 15 is 0 Å². The summed E-state index contributed by atoms with van der Waals surface area (Å²) in [5, 5.41) is 16.0. The topological polar surface area (TPSA) is 91.7 Å². The van der Waals surface area contributed by atoms with Gasteiger partial charge in [0.15, 0.2) is 0 Å². The first-order valence-electron chi connectivity index (χ1n) is 5.56. The van der Waals surface area contributed by atoms with Crippen LogP contribution in [0.2, 0.25) is 0 Å². The van der Waals surface area contributed by atoms with Crippen LogP contribution >= 0.6 is 0 Å². The van der Waals surface area contributed by atoms with Crippen molar-refractivity contribution in [2.45, 2.75) is 25.2 Å². The van der Waals surface area contributed by atoms with Gasteiger partial charge in [0.2, 0.25) is 0 Å². The second kappa shape index (κ2) is 7.17. The summed E-state index contributed by atoms with van der Waals surface area (Å²) in [7, 11) is 0. The number of aliphatic hydroxyl groups excluding tert-OH is 1. The molecular formula is C11H13F3N2O4.